The second-order valence-electron chi connectivity index (χ2n) is 5.42. The molecule has 0 radical (unpaired) electrons. The Balaban J connectivity index is 1.97. The van der Waals surface area contributed by atoms with Crippen molar-refractivity contribution < 1.29 is 10.3 Å². The first-order chi connectivity index (χ1) is 8.62. The number of nitrogens with zero attached hydrogens (tertiary/aromatic N) is 1. The summed E-state index contributed by atoms with van der Waals surface area (Å²) in [4.78, 5) is 0. The summed E-state index contributed by atoms with van der Waals surface area (Å²) in [5.41, 5.74) is 0.327. The Morgan fingerprint density at radius 3 is 2.39 bits per heavy atom. The van der Waals surface area contributed by atoms with Crippen molar-refractivity contribution in [2.75, 3.05) is 0 Å². The Bertz CT molecular complexity index is 360. The van der Waals surface area contributed by atoms with Crippen LogP contribution < -0.4 is 0 Å². The zero-order valence-corrected chi connectivity index (χ0v) is 11.0. The number of benzene rings is 1. The Morgan fingerprint density at radius 1 is 1.17 bits per heavy atom. The van der Waals surface area contributed by atoms with Gasteiger partial charge in [-0.05, 0) is 25.3 Å². The molecule has 0 aliphatic heterocycles. The van der Waals surface area contributed by atoms with Crippen molar-refractivity contribution in [3.05, 3.63) is 35.9 Å². The van der Waals surface area contributed by atoms with Gasteiger partial charge in [0.1, 0.15) is 0 Å². The van der Waals surface area contributed by atoms with E-state index in [2.05, 4.69) is 0 Å². The molecule has 0 spiro atoms. The van der Waals surface area contributed by atoms with E-state index in [-0.39, 0.29) is 6.04 Å². The van der Waals surface area contributed by atoms with Crippen LogP contribution in [0, 0.1) is 0 Å². The summed E-state index contributed by atoms with van der Waals surface area (Å²) in [6.45, 7) is 2.37. The van der Waals surface area contributed by atoms with E-state index in [9.17, 15) is 10.3 Å². The molecule has 1 atom stereocenters. The standard InChI is InChI=1S/C15H23NO2/c1-13(15(17)10-6-3-7-11-15)16(18)12-14-8-4-2-5-9-14/h2,4-5,8-9,13,17-18H,3,6-7,10-12H2,1H3. The van der Waals surface area contributed by atoms with Gasteiger partial charge in [0.25, 0.3) is 0 Å². The van der Waals surface area contributed by atoms with Gasteiger partial charge in [-0.15, -0.1) is 0 Å². The highest BCUT2D eigenvalue weighted by Gasteiger charge is 2.38. The molecule has 1 unspecified atom stereocenters. The highest BCUT2D eigenvalue weighted by atomic mass is 16.5. The van der Waals surface area contributed by atoms with E-state index in [0.29, 0.717) is 6.54 Å². The van der Waals surface area contributed by atoms with Gasteiger partial charge >= 0.3 is 0 Å². The van der Waals surface area contributed by atoms with Crippen molar-refractivity contribution in [3.8, 4) is 0 Å². The van der Waals surface area contributed by atoms with E-state index in [1.807, 2.05) is 37.3 Å². The van der Waals surface area contributed by atoms with Crippen LogP contribution in [0.25, 0.3) is 0 Å². The fourth-order valence-corrected chi connectivity index (χ4v) is 2.77. The van der Waals surface area contributed by atoms with Gasteiger partial charge in [-0.25, -0.2) is 0 Å². The van der Waals surface area contributed by atoms with Crippen LogP contribution in [0.15, 0.2) is 30.3 Å². The molecule has 3 heteroatoms. The van der Waals surface area contributed by atoms with Gasteiger partial charge in [0.2, 0.25) is 0 Å². The molecular weight excluding hydrogens is 226 g/mol. The molecule has 1 aliphatic carbocycles. The van der Waals surface area contributed by atoms with Crippen molar-refractivity contribution in [2.45, 2.75) is 57.2 Å². The molecule has 1 aromatic rings. The predicted molar refractivity (Wildman–Crippen MR) is 71.3 cm³/mol. The number of hydrogen-bond acceptors (Lipinski definition) is 3. The van der Waals surface area contributed by atoms with Crippen LogP contribution in [0.2, 0.25) is 0 Å². The molecule has 0 aromatic heterocycles. The van der Waals surface area contributed by atoms with E-state index in [1.54, 1.807) is 0 Å². The Labute approximate surface area is 109 Å². The average molecular weight is 249 g/mol. The number of hydrogen-bond donors (Lipinski definition) is 2. The minimum absolute atomic E-state index is 0.224. The van der Waals surface area contributed by atoms with Gasteiger partial charge in [0, 0.05) is 6.54 Å². The second-order valence-corrected chi connectivity index (χ2v) is 5.42. The van der Waals surface area contributed by atoms with Crippen LogP contribution in [-0.4, -0.2) is 27.0 Å². The largest absolute Gasteiger partial charge is 0.388 e. The van der Waals surface area contributed by atoms with Crippen LogP contribution >= 0.6 is 0 Å². The summed E-state index contributed by atoms with van der Waals surface area (Å²) in [5, 5.41) is 22.0. The SMILES string of the molecule is CC(N(O)Cc1ccccc1)C1(O)CCCCC1. The zero-order chi connectivity index (χ0) is 13.0. The summed E-state index contributed by atoms with van der Waals surface area (Å²) in [5.74, 6) is 0. The molecule has 18 heavy (non-hydrogen) atoms. The molecule has 1 fully saturated rings. The molecule has 2 N–H and O–H groups in total. The third kappa shape index (κ3) is 3.10. The molecule has 2 rings (SSSR count). The fraction of sp³-hybridized carbons (Fsp3) is 0.600. The van der Waals surface area contributed by atoms with E-state index in [4.69, 9.17) is 0 Å². The third-order valence-electron chi connectivity index (χ3n) is 4.13. The minimum Gasteiger partial charge on any atom is -0.388 e. The molecule has 1 saturated carbocycles. The topological polar surface area (TPSA) is 43.7 Å². The van der Waals surface area contributed by atoms with E-state index in [1.165, 1.54) is 11.5 Å². The lowest BCUT2D eigenvalue weighted by Crippen LogP contribution is -2.50. The lowest BCUT2D eigenvalue weighted by Gasteiger charge is -2.40. The van der Waals surface area contributed by atoms with E-state index < -0.39 is 5.60 Å². The van der Waals surface area contributed by atoms with Crippen molar-refractivity contribution >= 4 is 0 Å². The number of rotatable bonds is 4. The number of aliphatic hydroxyl groups is 1. The van der Waals surface area contributed by atoms with E-state index in [0.717, 1.165) is 31.2 Å². The maximum Gasteiger partial charge on any atom is 0.0822 e. The molecule has 100 valence electrons. The highest BCUT2D eigenvalue weighted by molar-refractivity contribution is 5.14. The summed E-state index contributed by atoms with van der Waals surface area (Å²) in [6.07, 6.45) is 4.89. The summed E-state index contributed by atoms with van der Waals surface area (Å²) >= 11 is 0. The van der Waals surface area contributed by atoms with Crippen molar-refractivity contribution in [3.63, 3.8) is 0 Å². The van der Waals surface area contributed by atoms with Crippen LogP contribution in [-0.2, 0) is 6.54 Å². The first-order valence-electron chi connectivity index (χ1n) is 6.84. The highest BCUT2D eigenvalue weighted by Crippen LogP contribution is 2.33. The number of hydroxylamine groups is 2. The molecule has 0 amide bonds. The van der Waals surface area contributed by atoms with Gasteiger partial charge in [-0.2, -0.15) is 5.06 Å². The normalized spacial score (nSPS) is 20.9. The maximum atomic E-state index is 10.6. The van der Waals surface area contributed by atoms with Crippen molar-refractivity contribution in [1.29, 1.82) is 0 Å². The average Bonchev–Trinajstić information content (AvgIpc) is 2.40. The second kappa shape index (κ2) is 5.83. The van der Waals surface area contributed by atoms with Gasteiger partial charge in [0.15, 0.2) is 0 Å². The van der Waals surface area contributed by atoms with Crippen molar-refractivity contribution in [2.24, 2.45) is 0 Å². The monoisotopic (exact) mass is 249 g/mol. The first-order valence-corrected chi connectivity index (χ1v) is 6.84. The van der Waals surface area contributed by atoms with Crippen molar-refractivity contribution in [1.82, 2.24) is 5.06 Å². The Morgan fingerprint density at radius 2 is 1.78 bits per heavy atom. The molecule has 1 aromatic carbocycles. The molecule has 0 saturated heterocycles. The Kier molecular flexibility index (Phi) is 4.38. The van der Waals surface area contributed by atoms with Crippen LogP contribution in [0.5, 0.6) is 0 Å². The lowest BCUT2D eigenvalue weighted by atomic mass is 9.80. The quantitative estimate of drug-likeness (QED) is 0.806. The van der Waals surface area contributed by atoms with Crippen LogP contribution in [0.3, 0.4) is 0 Å². The molecule has 0 bridgehead atoms. The zero-order valence-electron chi connectivity index (χ0n) is 11.0. The predicted octanol–water partition coefficient (Wildman–Crippen LogP) is 2.96. The van der Waals surface area contributed by atoms with Gasteiger partial charge in [-0.3, -0.25) is 0 Å². The smallest absolute Gasteiger partial charge is 0.0822 e. The summed E-state index contributed by atoms with van der Waals surface area (Å²) in [7, 11) is 0. The summed E-state index contributed by atoms with van der Waals surface area (Å²) < 4.78 is 0. The first kappa shape index (κ1) is 13.5. The third-order valence-corrected chi connectivity index (χ3v) is 4.13. The molecule has 0 heterocycles. The summed E-state index contributed by atoms with van der Waals surface area (Å²) in [6, 6.07) is 9.63. The molecular formula is C15H23NO2. The van der Waals surface area contributed by atoms with Crippen LogP contribution in [0.1, 0.15) is 44.6 Å². The van der Waals surface area contributed by atoms with Gasteiger partial charge < -0.3 is 10.3 Å². The Hall–Kier alpha value is -0.900. The minimum atomic E-state index is -0.734. The molecule has 1 aliphatic rings. The lowest BCUT2D eigenvalue weighted by molar-refractivity contribution is -0.193. The van der Waals surface area contributed by atoms with Gasteiger partial charge in [0.05, 0.1) is 11.6 Å². The fourth-order valence-electron chi connectivity index (χ4n) is 2.77. The molecule has 3 nitrogen and oxygen atoms in total. The van der Waals surface area contributed by atoms with E-state index >= 15 is 0 Å². The van der Waals surface area contributed by atoms with Gasteiger partial charge in [-0.1, -0.05) is 49.6 Å². The maximum absolute atomic E-state index is 10.6. The van der Waals surface area contributed by atoms with Crippen LogP contribution in [0.4, 0.5) is 0 Å².